The van der Waals surface area contributed by atoms with Crippen LogP contribution in [0, 0.1) is 0 Å². The van der Waals surface area contributed by atoms with Crippen LogP contribution in [0.4, 0.5) is 0 Å². The van der Waals surface area contributed by atoms with Crippen LogP contribution in [0.15, 0.2) is 24.5 Å². The van der Waals surface area contributed by atoms with Crippen molar-refractivity contribution in [1.82, 2.24) is 15.2 Å². The van der Waals surface area contributed by atoms with E-state index in [0.29, 0.717) is 13.0 Å². The first-order chi connectivity index (χ1) is 9.84. The molecule has 2 atom stereocenters. The summed E-state index contributed by atoms with van der Waals surface area (Å²) in [7, 11) is 0. The highest BCUT2D eigenvalue weighted by Crippen LogP contribution is 2.32. The summed E-state index contributed by atoms with van der Waals surface area (Å²) in [5.41, 5.74) is 1.19. The Kier molecular flexibility index (Phi) is 5.96. The number of rotatable bonds is 3. The number of amides is 1. The lowest BCUT2D eigenvalue weighted by Crippen LogP contribution is -2.45. The molecule has 0 bridgehead atoms. The van der Waals surface area contributed by atoms with Crippen molar-refractivity contribution in [1.29, 1.82) is 0 Å². The predicted molar refractivity (Wildman–Crippen MR) is 82.4 cm³/mol. The number of carbonyl (C=O) groups excluding carboxylic acids is 1. The third kappa shape index (κ3) is 3.93. The Morgan fingerprint density at radius 2 is 2.24 bits per heavy atom. The van der Waals surface area contributed by atoms with Crippen molar-refractivity contribution in [2.75, 3.05) is 26.3 Å². The molecule has 1 aromatic heterocycles. The van der Waals surface area contributed by atoms with Crippen LogP contribution in [0.2, 0.25) is 0 Å². The number of nitrogens with zero attached hydrogens (tertiary/aromatic N) is 2. The molecular formula is C15H22ClN3O2. The first-order valence-electron chi connectivity index (χ1n) is 7.35. The van der Waals surface area contributed by atoms with Gasteiger partial charge in [0.2, 0.25) is 5.91 Å². The Morgan fingerprint density at radius 1 is 1.43 bits per heavy atom. The zero-order valence-corrected chi connectivity index (χ0v) is 12.8. The van der Waals surface area contributed by atoms with Crippen molar-refractivity contribution in [2.45, 2.75) is 31.3 Å². The second-order valence-electron chi connectivity index (χ2n) is 5.46. The van der Waals surface area contributed by atoms with Crippen molar-refractivity contribution in [2.24, 2.45) is 0 Å². The van der Waals surface area contributed by atoms with Gasteiger partial charge in [-0.25, -0.2) is 0 Å². The van der Waals surface area contributed by atoms with Gasteiger partial charge in [-0.2, -0.15) is 0 Å². The van der Waals surface area contributed by atoms with Gasteiger partial charge in [-0.15, -0.1) is 12.4 Å². The Morgan fingerprint density at radius 3 is 2.95 bits per heavy atom. The minimum Gasteiger partial charge on any atom is -0.378 e. The van der Waals surface area contributed by atoms with Crippen LogP contribution in [0.5, 0.6) is 0 Å². The molecule has 2 aliphatic heterocycles. The Hall–Kier alpha value is -1.17. The van der Waals surface area contributed by atoms with E-state index >= 15 is 0 Å². The molecule has 3 heterocycles. The standard InChI is InChI=1S/C15H21N3O2.ClH/c19-15(10-13-11-20-9-7-17-13)18-8-1-2-14(18)12-3-5-16-6-4-12;/h3-6,13-14,17H,1-2,7-11H2;1H. The summed E-state index contributed by atoms with van der Waals surface area (Å²) in [6, 6.07) is 4.40. The minimum atomic E-state index is 0. The third-order valence-electron chi connectivity index (χ3n) is 4.08. The number of hydrogen-bond acceptors (Lipinski definition) is 4. The van der Waals surface area contributed by atoms with Crippen LogP contribution in [-0.2, 0) is 9.53 Å². The van der Waals surface area contributed by atoms with E-state index in [4.69, 9.17) is 4.74 Å². The number of morpholine rings is 1. The van der Waals surface area contributed by atoms with Crippen molar-refractivity contribution < 1.29 is 9.53 Å². The van der Waals surface area contributed by atoms with Gasteiger partial charge in [0, 0.05) is 37.9 Å². The zero-order valence-electron chi connectivity index (χ0n) is 12.0. The second-order valence-corrected chi connectivity index (χ2v) is 5.46. The number of ether oxygens (including phenoxy) is 1. The number of pyridine rings is 1. The molecule has 2 fully saturated rings. The molecule has 0 aromatic carbocycles. The molecule has 2 unspecified atom stereocenters. The van der Waals surface area contributed by atoms with E-state index in [1.807, 2.05) is 17.0 Å². The molecule has 2 aliphatic rings. The average Bonchev–Trinajstić information content (AvgIpc) is 2.99. The van der Waals surface area contributed by atoms with Crippen LogP contribution >= 0.6 is 12.4 Å². The van der Waals surface area contributed by atoms with Gasteiger partial charge in [0.05, 0.1) is 19.3 Å². The lowest BCUT2D eigenvalue weighted by Gasteiger charge is -2.29. The third-order valence-corrected chi connectivity index (χ3v) is 4.08. The molecule has 6 heteroatoms. The summed E-state index contributed by atoms with van der Waals surface area (Å²) in [5.74, 6) is 0.229. The molecule has 3 rings (SSSR count). The summed E-state index contributed by atoms with van der Waals surface area (Å²) in [6.07, 6.45) is 6.25. The van der Waals surface area contributed by atoms with Crippen molar-refractivity contribution >= 4 is 18.3 Å². The van der Waals surface area contributed by atoms with Gasteiger partial charge in [-0.1, -0.05) is 0 Å². The maximum absolute atomic E-state index is 12.5. The van der Waals surface area contributed by atoms with E-state index in [0.717, 1.165) is 32.5 Å². The van der Waals surface area contributed by atoms with Crippen LogP contribution in [0.25, 0.3) is 0 Å². The first-order valence-corrected chi connectivity index (χ1v) is 7.35. The molecule has 0 saturated carbocycles. The van der Waals surface area contributed by atoms with Gasteiger partial charge in [0.15, 0.2) is 0 Å². The van der Waals surface area contributed by atoms with E-state index in [2.05, 4.69) is 10.3 Å². The second kappa shape index (κ2) is 7.73. The Balaban J connectivity index is 0.00000161. The minimum absolute atomic E-state index is 0. The van der Waals surface area contributed by atoms with E-state index in [1.54, 1.807) is 12.4 Å². The SMILES string of the molecule is Cl.O=C(CC1COCCN1)N1CCCC1c1ccncc1. The fourth-order valence-corrected chi connectivity index (χ4v) is 3.08. The topological polar surface area (TPSA) is 54.5 Å². The molecule has 1 N–H and O–H groups in total. The highest BCUT2D eigenvalue weighted by molar-refractivity contribution is 5.85. The van der Waals surface area contributed by atoms with Crippen LogP contribution in [0.3, 0.4) is 0 Å². The maximum Gasteiger partial charge on any atom is 0.224 e. The highest BCUT2D eigenvalue weighted by Gasteiger charge is 2.31. The molecule has 5 nitrogen and oxygen atoms in total. The van der Waals surface area contributed by atoms with Gasteiger partial charge < -0.3 is 15.0 Å². The number of hydrogen-bond donors (Lipinski definition) is 1. The molecule has 21 heavy (non-hydrogen) atoms. The van der Waals surface area contributed by atoms with Crippen molar-refractivity contribution in [3.8, 4) is 0 Å². The van der Waals surface area contributed by atoms with Gasteiger partial charge >= 0.3 is 0 Å². The first kappa shape index (κ1) is 16.2. The Bertz CT molecular complexity index is 451. The molecule has 116 valence electrons. The van der Waals surface area contributed by atoms with E-state index in [-0.39, 0.29) is 30.4 Å². The fraction of sp³-hybridized carbons (Fsp3) is 0.600. The summed E-state index contributed by atoms with van der Waals surface area (Å²) in [6.45, 7) is 3.08. The summed E-state index contributed by atoms with van der Waals surface area (Å²) < 4.78 is 5.42. The van der Waals surface area contributed by atoms with Crippen molar-refractivity contribution in [3.05, 3.63) is 30.1 Å². The lowest BCUT2D eigenvalue weighted by molar-refractivity contribution is -0.133. The highest BCUT2D eigenvalue weighted by atomic mass is 35.5. The quantitative estimate of drug-likeness (QED) is 0.920. The smallest absolute Gasteiger partial charge is 0.224 e. The average molecular weight is 312 g/mol. The lowest BCUT2D eigenvalue weighted by atomic mass is 10.1. The molecular weight excluding hydrogens is 290 g/mol. The van der Waals surface area contributed by atoms with Crippen LogP contribution in [0.1, 0.15) is 30.9 Å². The van der Waals surface area contributed by atoms with Gasteiger partial charge in [0.25, 0.3) is 0 Å². The molecule has 1 aromatic rings. The monoisotopic (exact) mass is 311 g/mol. The number of nitrogens with one attached hydrogen (secondary N) is 1. The van der Waals surface area contributed by atoms with Gasteiger partial charge in [0.1, 0.15) is 0 Å². The van der Waals surface area contributed by atoms with Crippen LogP contribution < -0.4 is 5.32 Å². The van der Waals surface area contributed by atoms with E-state index in [1.165, 1.54) is 5.56 Å². The van der Waals surface area contributed by atoms with Gasteiger partial charge in [-0.3, -0.25) is 9.78 Å². The normalized spacial score (nSPS) is 25.4. The number of halogens is 1. The molecule has 2 saturated heterocycles. The summed E-state index contributed by atoms with van der Waals surface area (Å²) >= 11 is 0. The maximum atomic E-state index is 12.5. The van der Waals surface area contributed by atoms with E-state index in [9.17, 15) is 4.79 Å². The predicted octanol–water partition coefficient (Wildman–Crippen LogP) is 1.55. The Labute approximate surface area is 131 Å². The molecule has 0 spiro atoms. The largest absolute Gasteiger partial charge is 0.378 e. The molecule has 1 amide bonds. The molecule has 0 aliphatic carbocycles. The van der Waals surface area contributed by atoms with Gasteiger partial charge in [-0.05, 0) is 30.5 Å². The summed E-state index contributed by atoms with van der Waals surface area (Å²) in [4.78, 5) is 18.6. The summed E-state index contributed by atoms with van der Waals surface area (Å²) in [5, 5.41) is 3.35. The number of aromatic nitrogens is 1. The van der Waals surface area contributed by atoms with E-state index < -0.39 is 0 Å². The van der Waals surface area contributed by atoms with Crippen molar-refractivity contribution in [3.63, 3.8) is 0 Å². The fourth-order valence-electron chi connectivity index (χ4n) is 3.08. The van der Waals surface area contributed by atoms with Crippen LogP contribution in [-0.4, -0.2) is 48.1 Å². The zero-order chi connectivity index (χ0) is 13.8. The number of likely N-dealkylation sites (tertiary alicyclic amines) is 1. The molecule has 0 radical (unpaired) electrons. The number of carbonyl (C=O) groups is 1.